The molecule has 1 amide bonds. The van der Waals surface area contributed by atoms with Gasteiger partial charge in [-0.05, 0) is 37.7 Å². The minimum Gasteiger partial charge on any atom is -0.379 e. The molecule has 5 rings (SSSR count). The SMILES string of the molecule is COC1COCCC1NC1CC[C@@]2(C1)C(=O)N1CCN(c3nccc(C(F)(F)F)n3)CC1C2C. The van der Waals surface area contributed by atoms with Crippen LogP contribution < -0.4 is 10.2 Å². The first-order valence-corrected chi connectivity index (χ1v) is 12.1. The van der Waals surface area contributed by atoms with E-state index in [1.165, 1.54) is 0 Å². The third-order valence-corrected chi connectivity index (χ3v) is 8.38. The molecule has 1 aliphatic carbocycles. The number of piperazine rings is 1. The number of carbonyl (C=O) groups excluding carboxylic acids is 1. The van der Waals surface area contributed by atoms with Crippen LogP contribution in [0.15, 0.2) is 12.3 Å². The number of amides is 1. The van der Waals surface area contributed by atoms with E-state index < -0.39 is 17.3 Å². The number of anilines is 1. The minimum absolute atomic E-state index is 0.00866. The third kappa shape index (κ3) is 4.05. The monoisotopic (exact) mass is 483 g/mol. The number of fused-ring (bicyclic) bond motifs is 1. The summed E-state index contributed by atoms with van der Waals surface area (Å²) in [6.45, 7) is 4.73. The van der Waals surface area contributed by atoms with Gasteiger partial charge in [0.25, 0.3) is 0 Å². The lowest BCUT2D eigenvalue weighted by Crippen LogP contribution is -2.53. The number of ether oxygens (including phenoxy) is 2. The fourth-order valence-electron chi connectivity index (χ4n) is 6.44. The van der Waals surface area contributed by atoms with E-state index in [2.05, 4.69) is 22.2 Å². The number of alkyl halides is 3. The summed E-state index contributed by atoms with van der Waals surface area (Å²) >= 11 is 0. The first kappa shape index (κ1) is 23.7. The predicted molar refractivity (Wildman–Crippen MR) is 117 cm³/mol. The molecule has 1 aromatic heterocycles. The van der Waals surface area contributed by atoms with E-state index >= 15 is 0 Å². The number of aromatic nitrogens is 2. The van der Waals surface area contributed by atoms with Gasteiger partial charge in [0, 0.05) is 51.6 Å². The van der Waals surface area contributed by atoms with Crippen LogP contribution in [0.2, 0.25) is 0 Å². The van der Waals surface area contributed by atoms with Gasteiger partial charge in [-0.15, -0.1) is 0 Å². The molecule has 8 nitrogen and oxygen atoms in total. The fraction of sp³-hybridized carbons (Fsp3) is 0.783. The Morgan fingerprint density at radius 3 is 2.88 bits per heavy atom. The fourth-order valence-corrected chi connectivity index (χ4v) is 6.44. The number of methoxy groups -OCH3 is 1. The summed E-state index contributed by atoms with van der Waals surface area (Å²) in [5.41, 5.74) is -1.38. The Morgan fingerprint density at radius 2 is 2.12 bits per heavy atom. The molecule has 1 aromatic rings. The zero-order valence-electron chi connectivity index (χ0n) is 19.6. The van der Waals surface area contributed by atoms with Crippen molar-refractivity contribution in [1.82, 2.24) is 20.2 Å². The Labute approximate surface area is 197 Å². The van der Waals surface area contributed by atoms with Gasteiger partial charge < -0.3 is 24.6 Å². The van der Waals surface area contributed by atoms with Crippen molar-refractivity contribution in [2.24, 2.45) is 11.3 Å². The van der Waals surface area contributed by atoms with E-state index in [9.17, 15) is 18.0 Å². The second kappa shape index (κ2) is 8.91. The molecule has 0 radical (unpaired) electrons. The maximum atomic E-state index is 13.6. The van der Waals surface area contributed by atoms with Crippen molar-refractivity contribution in [1.29, 1.82) is 0 Å². The molecular weight excluding hydrogens is 451 g/mol. The lowest BCUT2D eigenvalue weighted by molar-refractivity contribution is -0.141. The average molecular weight is 484 g/mol. The van der Waals surface area contributed by atoms with Crippen LogP contribution in [0.3, 0.4) is 0 Å². The molecule has 3 saturated heterocycles. The largest absolute Gasteiger partial charge is 0.433 e. The van der Waals surface area contributed by atoms with Crippen molar-refractivity contribution in [2.45, 2.75) is 63.0 Å². The summed E-state index contributed by atoms with van der Waals surface area (Å²) in [5.74, 6) is 0.355. The van der Waals surface area contributed by atoms with Gasteiger partial charge in [-0.25, -0.2) is 9.97 Å². The van der Waals surface area contributed by atoms with Crippen LogP contribution in [0.1, 0.15) is 38.3 Å². The molecule has 1 N–H and O–H groups in total. The lowest BCUT2D eigenvalue weighted by atomic mass is 9.74. The molecule has 1 saturated carbocycles. The molecule has 6 atom stereocenters. The Kier molecular flexibility index (Phi) is 6.22. The third-order valence-electron chi connectivity index (χ3n) is 8.38. The van der Waals surface area contributed by atoms with Crippen molar-refractivity contribution in [3.63, 3.8) is 0 Å². The predicted octanol–water partition coefficient (Wildman–Crippen LogP) is 2.09. The van der Waals surface area contributed by atoms with Gasteiger partial charge in [0.05, 0.1) is 24.2 Å². The maximum Gasteiger partial charge on any atom is 0.433 e. The molecule has 11 heteroatoms. The van der Waals surface area contributed by atoms with E-state index in [0.29, 0.717) is 32.8 Å². The zero-order chi connectivity index (χ0) is 24.1. The van der Waals surface area contributed by atoms with Gasteiger partial charge in [-0.3, -0.25) is 4.79 Å². The summed E-state index contributed by atoms with van der Waals surface area (Å²) in [4.78, 5) is 25.2. The highest BCUT2D eigenvalue weighted by Crippen LogP contribution is 2.53. The number of hydrogen-bond acceptors (Lipinski definition) is 7. The summed E-state index contributed by atoms with van der Waals surface area (Å²) in [6, 6.07) is 1.26. The van der Waals surface area contributed by atoms with Crippen LogP contribution >= 0.6 is 0 Å². The van der Waals surface area contributed by atoms with Gasteiger partial charge in [0.15, 0.2) is 0 Å². The topological polar surface area (TPSA) is 79.8 Å². The van der Waals surface area contributed by atoms with Crippen LogP contribution in [0.5, 0.6) is 0 Å². The smallest absolute Gasteiger partial charge is 0.379 e. The molecule has 188 valence electrons. The second-order valence-corrected chi connectivity index (χ2v) is 10.0. The highest BCUT2D eigenvalue weighted by atomic mass is 19.4. The van der Waals surface area contributed by atoms with Crippen molar-refractivity contribution < 1.29 is 27.4 Å². The Morgan fingerprint density at radius 1 is 1.29 bits per heavy atom. The Balaban J connectivity index is 1.29. The van der Waals surface area contributed by atoms with Crippen molar-refractivity contribution in [3.8, 4) is 0 Å². The summed E-state index contributed by atoms with van der Waals surface area (Å²) in [6.07, 6.45) is 0.0374. The summed E-state index contributed by atoms with van der Waals surface area (Å²) in [7, 11) is 1.70. The van der Waals surface area contributed by atoms with Crippen LogP contribution in [0, 0.1) is 11.3 Å². The molecule has 0 bridgehead atoms. The van der Waals surface area contributed by atoms with Crippen molar-refractivity contribution in [3.05, 3.63) is 18.0 Å². The molecule has 34 heavy (non-hydrogen) atoms. The second-order valence-electron chi connectivity index (χ2n) is 10.0. The number of halogens is 3. The highest BCUT2D eigenvalue weighted by Gasteiger charge is 2.60. The van der Waals surface area contributed by atoms with Crippen molar-refractivity contribution in [2.75, 3.05) is 44.9 Å². The highest BCUT2D eigenvalue weighted by molar-refractivity contribution is 5.87. The molecular formula is C23H32F3N5O3. The first-order chi connectivity index (χ1) is 16.2. The van der Waals surface area contributed by atoms with Gasteiger partial charge in [-0.1, -0.05) is 6.92 Å². The number of nitrogens with zero attached hydrogens (tertiary/aromatic N) is 4. The number of nitrogens with one attached hydrogen (secondary N) is 1. The molecule has 4 aliphatic rings. The van der Waals surface area contributed by atoms with E-state index in [1.807, 2.05) is 4.90 Å². The molecule has 0 aromatic carbocycles. The van der Waals surface area contributed by atoms with E-state index in [0.717, 1.165) is 37.9 Å². The van der Waals surface area contributed by atoms with E-state index in [-0.39, 0.29) is 42.0 Å². The van der Waals surface area contributed by atoms with Crippen molar-refractivity contribution >= 4 is 11.9 Å². The Hall–Kier alpha value is -1.98. The molecule has 5 unspecified atom stereocenters. The summed E-state index contributed by atoms with van der Waals surface area (Å²) < 4.78 is 50.5. The number of carbonyl (C=O) groups is 1. The molecule has 3 aliphatic heterocycles. The molecule has 4 fully saturated rings. The van der Waals surface area contributed by atoms with E-state index in [4.69, 9.17) is 9.47 Å². The first-order valence-electron chi connectivity index (χ1n) is 12.1. The Bertz CT molecular complexity index is 918. The van der Waals surface area contributed by atoms with Crippen LogP contribution in [0.4, 0.5) is 19.1 Å². The maximum absolute atomic E-state index is 13.6. The van der Waals surface area contributed by atoms with Gasteiger partial charge in [0.1, 0.15) is 5.69 Å². The van der Waals surface area contributed by atoms with Crippen LogP contribution in [-0.2, 0) is 20.4 Å². The average Bonchev–Trinajstić information content (AvgIpc) is 3.35. The number of hydrogen-bond donors (Lipinski definition) is 1. The van der Waals surface area contributed by atoms with E-state index in [1.54, 1.807) is 12.0 Å². The van der Waals surface area contributed by atoms with Crippen LogP contribution in [0.25, 0.3) is 0 Å². The standard InChI is InChI=1S/C23H32F3N5O3/c1-14-17-12-30(21-27-7-4-19(29-21)23(24,25)26)8-9-31(17)20(32)22(14)6-3-15(11-22)28-16-5-10-34-13-18(16)33-2/h4,7,14-18,28H,3,5-6,8-13H2,1-2H3/t14?,15?,16?,17?,18?,22-/m0/s1. The molecule has 4 heterocycles. The van der Waals surface area contributed by atoms with Gasteiger partial charge in [0.2, 0.25) is 11.9 Å². The normalized spacial score (nSPS) is 36.4. The number of rotatable bonds is 4. The lowest BCUT2D eigenvalue weighted by Gasteiger charge is -2.39. The van der Waals surface area contributed by atoms with Crippen LogP contribution in [-0.4, -0.2) is 85.0 Å². The summed E-state index contributed by atoms with van der Waals surface area (Å²) in [5, 5.41) is 3.73. The van der Waals surface area contributed by atoms with Gasteiger partial charge >= 0.3 is 6.18 Å². The quantitative estimate of drug-likeness (QED) is 0.703. The zero-order valence-corrected chi connectivity index (χ0v) is 19.6. The molecule has 1 spiro atoms. The minimum atomic E-state index is -4.52. The van der Waals surface area contributed by atoms with Gasteiger partial charge in [-0.2, -0.15) is 13.2 Å².